The van der Waals surface area contributed by atoms with E-state index in [4.69, 9.17) is 4.74 Å². The molecule has 1 fully saturated rings. The summed E-state index contributed by atoms with van der Waals surface area (Å²) in [6, 6.07) is 14.6. The maximum Gasteiger partial charge on any atom is 0.261 e. The number of halogens is 1. The molecule has 26 heavy (non-hydrogen) atoms. The number of hydrogen-bond acceptors (Lipinski definition) is 4. The Morgan fingerprint density at radius 1 is 1.15 bits per heavy atom. The Balaban J connectivity index is 1.72. The summed E-state index contributed by atoms with van der Waals surface area (Å²) in [6.07, 6.45) is 0.418. The second kappa shape index (κ2) is 7.86. The van der Waals surface area contributed by atoms with Crippen LogP contribution in [-0.4, -0.2) is 43.4 Å². The first kappa shape index (κ1) is 18.4. The van der Waals surface area contributed by atoms with Gasteiger partial charge in [-0.15, -0.1) is 0 Å². The molecule has 0 bridgehead atoms. The molecule has 0 spiro atoms. The van der Waals surface area contributed by atoms with E-state index in [1.54, 1.807) is 11.0 Å². The van der Waals surface area contributed by atoms with Crippen molar-refractivity contribution in [1.82, 2.24) is 4.90 Å². The van der Waals surface area contributed by atoms with E-state index in [1.807, 2.05) is 30.3 Å². The number of sulfone groups is 1. The molecule has 0 aliphatic carbocycles. The van der Waals surface area contributed by atoms with Gasteiger partial charge in [0.1, 0.15) is 11.6 Å². The van der Waals surface area contributed by atoms with Crippen LogP contribution in [0.3, 0.4) is 0 Å². The van der Waals surface area contributed by atoms with E-state index < -0.39 is 15.7 Å². The molecular formula is C19H20FNO4S. The Morgan fingerprint density at radius 3 is 2.58 bits per heavy atom. The highest BCUT2D eigenvalue weighted by atomic mass is 32.2. The Kier molecular flexibility index (Phi) is 5.56. The minimum absolute atomic E-state index is 0.0362. The van der Waals surface area contributed by atoms with Crippen LogP contribution in [0.15, 0.2) is 54.6 Å². The molecule has 7 heteroatoms. The van der Waals surface area contributed by atoms with Gasteiger partial charge in [0.2, 0.25) is 0 Å². The molecule has 0 aromatic heterocycles. The maximum absolute atomic E-state index is 13.2. The van der Waals surface area contributed by atoms with Crippen LogP contribution in [0.1, 0.15) is 12.0 Å². The first-order chi connectivity index (χ1) is 12.4. The van der Waals surface area contributed by atoms with Crippen LogP contribution in [0.4, 0.5) is 4.39 Å². The Hall–Kier alpha value is -2.41. The minimum atomic E-state index is -3.12. The Labute approximate surface area is 152 Å². The lowest BCUT2D eigenvalue weighted by atomic mass is 10.1. The third kappa shape index (κ3) is 4.82. The summed E-state index contributed by atoms with van der Waals surface area (Å²) in [4.78, 5) is 14.3. The van der Waals surface area contributed by atoms with Gasteiger partial charge < -0.3 is 9.64 Å². The SMILES string of the molecule is O=C(COc1cccc(F)c1)N(Cc1ccccc1)[C@H]1CCS(=O)(=O)C1. The van der Waals surface area contributed by atoms with Crippen LogP contribution in [0.2, 0.25) is 0 Å². The first-order valence-electron chi connectivity index (χ1n) is 8.35. The zero-order valence-corrected chi connectivity index (χ0v) is 15.0. The smallest absolute Gasteiger partial charge is 0.261 e. The summed E-state index contributed by atoms with van der Waals surface area (Å²) in [5.41, 5.74) is 0.913. The molecule has 1 atom stereocenters. The molecule has 1 aliphatic heterocycles. The molecule has 1 heterocycles. The third-order valence-electron chi connectivity index (χ3n) is 4.32. The summed E-state index contributed by atoms with van der Waals surface area (Å²) < 4.78 is 42.3. The largest absolute Gasteiger partial charge is 0.484 e. The lowest BCUT2D eigenvalue weighted by Gasteiger charge is -2.28. The molecule has 2 aromatic rings. The molecule has 2 aromatic carbocycles. The van der Waals surface area contributed by atoms with Crippen LogP contribution in [0.5, 0.6) is 5.75 Å². The number of amides is 1. The van der Waals surface area contributed by atoms with E-state index in [9.17, 15) is 17.6 Å². The molecule has 5 nitrogen and oxygen atoms in total. The van der Waals surface area contributed by atoms with Gasteiger partial charge in [-0.25, -0.2) is 12.8 Å². The molecule has 0 radical (unpaired) electrons. The van der Waals surface area contributed by atoms with Crippen molar-refractivity contribution >= 4 is 15.7 Å². The number of rotatable bonds is 6. The number of carbonyl (C=O) groups excluding carboxylic acids is 1. The van der Waals surface area contributed by atoms with Crippen molar-refractivity contribution in [2.75, 3.05) is 18.1 Å². The van der Waals surface area contributed by atoms with Crippen molar-refractivity contribution in [2.24, 2.45) is 0 Å². The highest BCUT2D eigenvalue weighted by molar-refractivity contribution is 7.91. The predicted molar refractivity (Wildman–Crippen MR) is 95.9 cm³/mol. The molecule has 0 saturated carbocycles. The van der Waals surface area contributed by atoms with Gasteiger partial charge in [0, 0.05) is 18.7 Å². The number of hydrogen-bond donors (Lipinski definition) is 0. The standard InChI is InChI=1S/C19H20FNO4S/c20-16-7-4-8-18(11-16)25-13-19(22)21(12-15-5-2-1-3-6-15)17-9-10-26(23,24)14-17/h1-8,11,17H,9-10,12-14H2/t17-/m0/s1. The van der Waals surface area contributed by atoms with E-state index >= 15 is 0 Å². The van der Waals surface area contributed by atoms with Gasteiger partial charge in [-0.05, 0) is 24.1 Å². The molecule has 0 N–H and O–H groups in total. The zero-order chi connectivity index (χ0) is 18.6. The summed E-state index contributed by atoms with van der Waals surface area (Å²) in [5, 5.41) is 0. The van der Waals surface area contributed by atoms with Crippen LogP contribution < -0.4 is 4.74 Å². The summed E-state index contributed by atoms with van der Waals surface area (Å²) in [6.45, 7) is 0.0409. The lowest BCUT2D eigenvalue weighted by molar-refractivity contribution is -0.136. The molecule has 3 rings (SSSR count). The highest BCUT2D eigenvalue weighted by Gasteiger charge is 2.34. The molecule has 138 valence electrons. The molecule has 1 amide bonds. The number of benzene rings is 2. The molecule has 0 unspecified atom stereocenters. The van der Waals surface area contributed by atoms with Gasteiger partial charge in [-0.2, -0.15) is 0 Å². The predicted octanol–water partition coefficient (Wildman–Crippen LogP) is 2.42. The quantitative estimate of drug-likeness (QED) is 0.776. The summed E-state index contributed by atoms with van der Waals surface area (Å²) >= 11 is 0. The normalized spacial score (nSPS) is 18.4. The van der Waals surface area contributed by atoms with Crippen LogP contribution >= 0.6 is 0 Å². The van der Waals surface area contributed by atoms with Gasteiger partial charge in [-0.3, -0.25) is 4.79 Å². The molecule has 1 aliphatic rings. The van der Waals surface area contributed by atoms with Crippen molar-refractivity contribution in [3.63, 3.8) is 0 Å². The monoisotopic (exact) mass is 377 g/mol. The molecule has 1 saturated heterocycles. The average molecular weight is 377 g/mol. The number of carbonyl (C=O) groups is 1. The van der Waals surface area contributed by atoms with Crippen molar-refractivity contribution in [3.8, 4) is 5.75 Å². The summed E-state index contributed by atoms with van der Waals surface area (Å²) in [7, 11) is -3.12. The fourth-order valence-corrected chi connectivity index (χ4v) is 4.74. The second-order valence-corrected chi connectivity index (χ2v) is 8.54. The van der Waals surface area contributed by atoms with Crippen molar-refractivity contribution in [2.45, 2.75) is 19.0 Å². The summed E-state index contributed by atoms with van der Waals surface area (Å²) in [5.74, 6) is -0.456. The molecular weight excluding hydrogens is 357 g/mol. The Morgan fingerprint density at radius 2 is 1.92 bits per heavy atom. The second-order valence-electron chi connectivity index (χ2n) is 6.31. The fourth-order valence-electron chi connectivity index (χ4n) is 3.01. The Bertz CT molecular complexity index is 870. The van der Waals surface area contributed by atoms with Crippen molar-refractivity contribution < 1.29 is 22.3 Å². The lowest BCUT2D eigenvalue weighted by Crippen LogP contribution is -2.43. The third-order valence-corrected chi connectivity index (χ3v) is 6.07. The first-order valence-corrected chi connectivity index (χ1v) is 10.2. The van der Waals surface area contributed by atoms with Crippen LogP contribution in [-0.2, 0) is 21.2 Å². The van der Waals surface area contributed by atoms with E-state index in [1.165, 1.54) is 18.2 Å². The van der Waals surface area contributed by atoms with Gasteiger partial charge in [0.05, 0.1) is 11.5 Å². The van der Waals surface area contributed by atoms with E-state index in [2.05, 4.69) is 0 Å². The number of nitrogens with zero attached hydrogens (tertiary/aromatic N) is 1. The van der Waals surface area contributed by atoms with Crippen LogP contribution in [0, 0.1) is 5.82 Å². The highest BCUT2D eigenvalue weighted by Crippen LogP contribution is 2.21. The topological polar surface area (TPSA) is 63.7 Å². The van der Waals surface area contributed by atoms with Crippen molar-refractivity contribution in [1.29, 1.82) is 0 Å². The van der Waals surface area contributed by atoms with Crippen LogP contribution in [0.25, 0.3) is 0 Å². The number of ether oxygens (including phenoxy) is 1. The van der Waals surface area contributed by atoms with Gasteiger partial charge in [0.15, 0.2) is 16.4 Å². The zero-order valence-electron chi connectivity index (χ0n) is 14.2. The van der Waals surface area contributed by atoms with Gasteiger partial charge in [-0.1, -0.05) is 36.4 Å². The maximum atomic E-state index is 13.2. The fraction of sp³-hybridized carbons (Fsp3) is 0.316. The van der Waals surface area contributed by atoms with Crippen molar-refractivity contribution in [3.05, 3.63) is 66.0 Å². The minimum Gasteiger partial charge on any atom is -0.484 e. The van der Waals surface area contributed by atoms with E-state index in [0.29, 0.717) is 13.0 Å². The average Bonchev–Trinajstić information content (AvgIpc) is 2.98. The van der Waals surface area contributed by atoms with Gasteiger partial charge >= 0.3 is 0 Å². The van der Waals surface area contributed by atoms with E-state index in [-0.39, 0.29) is 35.8 Å². The van der Waals surface area contributed by atoms with Gasteiger partial charge in [0.25, 0.3) is 5.91 Å². The van der Waals surface area contributed by atoms with E-state index in [0.717, 1.165) is 5.56 Å².